The summed E-state index contributed by atoms with van der Waals surface area (Å²) in [7, 11) is 0. The van der Waals surface area contributed by atoms with Crippen molar-refractivity contribution in [1.82, 2.24) is 15.4 Å². The molecule has 0 bridgehead atoms. The van der Waals surface area contributed by atoms with Crippen molar-refractivity contribution in [3.63, 3.8) is 0 Å². The molecule has 3 aromatic rings. The lowest BCUT2D eigenvalue weighted by Gasteiger charge is -1.90. The molecule has 0 atom stereocenters. The van der Waals surface area contributed by atoms with Crippen molar-refractivity contribution >= 4 is 10.8 Å². The Hall–Kier alpha value is -2.23. The van der Waals surface area contributed by atoms with Crippen LogP contribution in [0.2, 0.25) is 0 Å². The Bertz CT molecular complexity index is 425. The van der Waals surface area contributed by atoms with Crippen LogP contribution in [0.4, 0.5) is 0 Å². The summed E-state index contributed by atoms with van der Waals surface area (Å²) >= 11 is 0. The first-order valence-electron chi connectivity index (χ1n) is 4.46. The Morgan fingerprint density at radius 1 is 0.867 bits per heavy atom. The van der Waals surface area contributed by atoms with Gasteiger partial charge in [-0.05, 0) is 6.07 Å². The van der Waals surface area contributed by atoms with Gasteiger partial charge in [0.2, 0.25) is 0 Å². The van der Waals surface area contributed by atoms with Gasteiger partial charge in [0.25, 0.3) is 0 Å². The molecule has 15 heavy (non-hydrogen) atoms. The molecular weight excluding hydrogens is 190 g/mol. The fraction of sp³-hybridized carbons (Fsp3) is 0. The van der Waals surface area contributed by atoms with E-state index in [1.807, 2.05) is 24.3 Å². The Morgan fingerprint density at radius 2 is 1.53 bits per heavy atom. The second-order valence-corrected chi connectivity index (χ2v) is 2.81. The fourth-order valence-corrected chi connectivity index (χ4v) is 1.11. The highest BCUT2D eigenvalue weighted by molar-refractivity contribution is 5.80. The summed E-state index contributed by atoms with van der Waals surface area (Å²) in [5, 5.41) is 13.1. The van der Waals surface area contributed by atoms with E-state index in [9.17, 15) is 0 Å². The smallest absolute Gasteiger partial charge is 0.123 e. The first-order chi connectivity index (χ1) is 7.47. The van der Waals surface area contributed by atoms with Gasteiger partial charge in [0.05, 0.1) is 18.6 Å². The lowest BCUT2D eigenvalue weighted by atomic mass is 10.2. The van der Waals surface area contributed by atoms with Crippen molar-refractivity contribution in [2.24, 2.45) is 0 Å². The van der Waals surface area contributed by atoms with E-state index in [-0.39, 0.29) is 0 Å². The minimum Gasteiger partial charge on any atom is -0.365 e. The second kappa shape index (κ2) is 4.85. The normalized spacial score (nSPS) is 9.33. The van der Waals surface area contributed by atoms with Crippen LogP contribution >= 0.6 is 0 Å². The van der Waals surface area contributed by atoms with E-state index in [1.54, 1.807) is 24.7 Å². The third-order valence-electron chi connectivity index (χ3n) is 1.80. The van der Waals surface area contributed by atoms with E-state index < -0.39 is 0 Å². The molecule has 4 heteroatoms. The van der Waals surface area contributed by atoms with Crippen LogP contribution in [-0.4, -0.2) is 15.4 Å². The Balaban J connectivity index is 0.000000144. The van der Waals surface area contributed by atoms with Gasteiger partial charge in [0.1, 0.15) is 6.26 Å². The molecule has 2 heterocycles. The molecule has 4 nitrogen and oxygen atoms in total. The number of hydrogen-bond acceptors (Lipinski definition) is 4. The summed E-state index contributed by atoms with van der Waals surface area (Å²) in [5.41, 5.74) is 0. The molecule has 0 fully saturated rings. The van der Waals surface area contributed by atoms with Crippen molar-refractivity contribution in [3.8, 4) is 0 Å². The molecule has 3 rings (SSSR count). The Morgan fingerprint density at radius 3 is 1.93 bits per heavy atom. The molecule has 0 unspecified atom stereocenters. The van der Waals surface area contributed by atoms with E-state index in [1.165, 1.54) is 6.26 Å². The van der Waals surface area contributed by atoms with Gasteiger partial charge in [-0.25, -0.2) is 0 Å². The minimum absolute atomic E-state index is 1.14. The molecule has 0 amide bonds. The summed E-state index contributed by atoms with van der Waals surface area (Å²) in [5.74, 6) is 0. The van der Waals surface area contributed by atoms with Crippen molar-refractivity contribution < 1.29 is 4.52 Å². The van der Waals surface area contributed by atoms with Gasteiger partial charge in [-0.3, -0.25) is 0 Å². The molecule has 0 spiro atoms. The number of nitrogens with zero attached hydrogens (tertiary/aromatic N) is 3. The summed E-state index contributed by atoms with van der Waals surface area (Å²) < 4.78 is 4.33. The first kappa shape index (κ1) is 9.33. The molecule has 0 N–H and O–H groups in total. The van der Waals surface area contributed by atoms with Gasteiger partial charge in [0.15, 0.2) is 0 Å². The summed E-state index contributed by atoms with van der Waals surface area (Å²) in [6.45, 7) is 0. The third kappa shape index (κ3) is 2.60. The lowest BCUT2D eigenvalue weighted by molar-refractivity contribution is 0.420. The maximum atomic E-state index is 4.33. The van der Waals surface area contributed by atoms with E-state index >= 15 is 0 Å². The molecule has 0 aliphatic carbocycles. The first-order valence-corrected chi connectivity index (χ1v) is 4.46. The standard InChI is InChI=1S/C8H6N2.C3H3NO/c1-2-4-8-6-10-9-5-7(8)3-1;1-2-4-5-3-1/h1-6H;1-3H. The number of rotatable bonds is 0. The van der Waals surface area contributed by atoms with Gasteiger partial charge >= 0.3 is 0 Å². The molecule has 0 saturated carbocycles. The third-order valence-corrected chi connectivity index (χ3v) is 1.80. The largest absolute Gasteiger partial charge is 0.365 e. The predicted octanol–water partition coefficient (Wildman–Crippen LogP) is 2.30. The molecule has 0 aliphatic heterocycles. The number of benzene rings is 1. The van der Waals surface area contributed by atoms with Crippen molar-refractivity contribution in [2.75, 3.05) is 0 Å². The van der Waals surface area contributed by atoms with Crippen LogP contribution in [0.3, 0.4) is 0 Å². The van der Waals surface area contributed by atoms with Gasteiger partial charge in [0, 0.05) is 10.8 Å². The van der Waals surface area contributed by atoms with Gasteiger partial charge in [-0.1, -0.05) is 29.4 Å². The van der Waals surface area contributed by atoms with Crippen LogP contribution in [0, 0.1) is 0 Å². The maximum absolute atomic E-state index is 4.33. The zero-order chi connectivity index (χ0) is 10.3. The van der Waals surface area contributed by atoms with Gasteiger partial charge in [-0.2, -0.15) is 10.2 Å². The Labute approximate surface area is 86.5 Å². The number of aromatic nitrogens is 3. The lowest BCUT2D eigenvalue weighted by Crippen LogP contribution is -1.77. The monoisotopic (exact) mass is 199 g/mol. The van der Waals surface area contributed by atoms with Crippen LogP contribution < -0.4 is 0 Å². The molecule has 0 radical (unpaired) electrons. The van der Waals surface area contributed by atoms with E-state index in [2.05, 4.69) is 19.9 Å². The van der Waals surface area contributed by atoms with E-state index in [4.69, 9.17) is 0 Å². The van der Waals surface area contributed by atoms with Crippen LogP contribution in [0.25, 0.3) is 10.8 Å². The van der Waals surface area contributed by atoms with Crippen LogP contribution in [0.1, 0.15) is 0 Å². The SMILES string of the molecule is c1ccc2cnncc2c1.c1cnoc1. The van der Waals surface area contributed by atoms with Crippen LogP contribution in [0.5, 0.6) is 0 Å². The zero-order valence-corrected chi connectivity index (χ0v) is 7.95. The van der Waals surface area contributed by atoms with Gasteiger partial charge < -0.3 is 4.52 Å². The van der Waals surface area contributed by atoms with Crippen molar-refractivity contribution in [3.05, 3.63) is 55.2 Å². The minimum atomic E-state index is 1.14. The van der Waals surface area contributed by atoms with Crippen LogP contribution in [-0.2, 0) is 0 Å². The van der Waals surface area contributed by atoms with Crippen LogP contribution in [0.15, 0.2) is 59.7 Å². The molecular formula is C11H9N3O. The molecule has 1 aromatic carbocycles. The molecule has 0 saturated heterocycles. The van der Waals surface area contributed by atoms with E-state index in [0.29, 0.717) is 0 Å². The Kier molecular flexibility index (Phi) is 3.02. The van der Waals surface area contributed by atoms with E-state index in [0.717, 1.165) is 10.8 Å². The summed E-state index contributed by atoms with van der Waals surface area (Å²) in [6, 6.07) is 9.74. The number of hydrogen-bond donors (Lipinski definition) is 0. The maximum Gasteiger partial charge on any atom is 0.123 e. The predicted molar refractivity (Wildman–Crippen MR) is 56.0 cm³/mol. The topological polar surface area (TPSA) is 51.8 Å². The van der Waals surface area contributed by atoms with Crippen molar-refractivity contribution in [1.29, 1.82) is 0 Å². The quantitative estimate of drug-likeness (QED) is 0.557. The zero-order valence-electron chi connectivity index (χ0n) is 7.95. The average Bonchev–Trinajstić information content (AvgIpc) is 2.88. The molecule has 0 aliphatic rings. The molecule has 2 aromatic heterocycles. The highest BCUT2D eigenvalue weighted by Gasteiger charge is 1.87. The number of fused-ring (bicyclic) bond motifs is 1. The summed E-state index contributed by atoms with van der Waals surface area (Å²) in [6.07, 6.45) is 6.62. The average molecular weight is 199 g/mol. The summed E-state index contributed by atoms with van der Waals surface area (Å²) in [4.78, 5) is 0. The highest BCUT2D eigenvalue weighted by atomic mass is 16.5. The molecule has 74 valence electrons. The van der Waals surface area contributed by atoms with Gasteiger partial charge in [-0.15, -0.1) is 0 Å². The second-order valence-electron chi connectivity index (χ2n) is 2.81. The van der Waals surface area contributed by atoms with Crippen molar-refractivity contribution in [2.45, 2.75) is 0 Å². The highest BCUT2D eigenvalue weighted by Crippen LogP contribution is 2.08. The fourth-order valence-electron chi connectivity index (χ4n) is 1.11.